The lowest BCUT2D eigenvalue weighted by atomic mass is 9.96. The first-order chi connectivity index (χ1) is 6.69. The van der Waals surface area contributed by atoms with E-state index >= 15 is 0 Å². The number of rotatable bonds is 4. The highest BCUT2D eigenvalue weighted by molar-refractivity contribution is 5.37. The Bertz CT molecular complexity index is 291. The SMILES string of the molecule is CCCc1ccc([C](C)CF)cc1C. The number of hydrogen-bond acceptors (Lipinski definition) is 0. The summed E-state index contributed by atoms with van der Waals surface area (Å²) in [5, 5.41) is 0. The molecule has 1 heteroatoms. The standard InChI is InChI=1S/C13H18F/c1-4-5-12-6-7-13(8-10(12)2)11(3)9-14/h6-8H,4-5,9H2,1-3H3. The fraction of sp³-hybridized carbons (Fsp3) is 0.462. The van der Waals surface area contributed by atoms with Crippen LogP contribution in [0.25, 0.3) is 0 Å². The van der Waals surface area contributed by atoms with Crippen molar-refractivity contribution in [2.24, 2.45) is 0 Å². The Kier molecular flexibility index (Phi) is 4.12. The maximum absolute atomic E-state index is 12.4. The Morgan fingerprint density at radius 2 is 2.07 bits per heavy atom. The lowest BCUT2D eigenvalue weighted by molar-refractivity contribution is 0.516. The van der Waals surface area contributed by atoms with Gasteiger partial charge in [-0.3, -0.25) is 4.39 Å². The van der Waals surface area contributed by atoms with Crippen molar-refractivity contribution in [2.75, 3.05) is 6.67 Å². The second-order valence-corrected chi connectivity index (χ2v) is 3.81. The highest BCUT2D eigenvalue weighted by atomic mass is 19.1. The maximum Gasteiger partial charge on any atom is 0.0997 e. The van der Waals surface area contributed by atoms with Crippen LogP contribution in [-0.4, -0.2) is 6.67 Å². The molecule has 0 amide bonds. The van der Waals surface area contributed by atoms with Crippen LogP contribution in [0, 0.1) is 12.8 Å². The van der Waals surface area contributed by atoms with Crippen LogP contribution in [0.2, 0.25) is 0 Å². The largest absolute Gasteiger partial charge is 0.250 e. The fourth-order valence-corrected chi connectivity index (χ4v) is 1.59. The van der Waals surface area contributed by atoms with E-state index in [0.717, 1.165) is 24.3 Å². The second-order valence-electron chi connectivity index (χ2n) is 3.81. The van der Waals surface area contributed by atoms with E-state index in [2.05, 4.69) is 26.0 Å². The van der Waals surface area contributed by atoms with Crippen LogP contribution < -0.4 is 0 Å². The van der Waals surface area contributed by atoms with E-state index in [9.17, 15) is 4.39 Å². The maximum atomic E-state index is 12.4. The van der Waals surface area contributed by atoms with Gasteiger partial charge in [0.2, 0.25) is 0 Å². The number of benzene rings is 1. The third-order valence-corrected chi connectivity index (χ3v) is 2.56. The Labute approximate surface area is 86.2 Å². The molecule has 1 aromatic rings. The Morgan fingerprint density at radius 3 is 2.57 bits per heavy atom. The Morgan fingerprint density at radius 1 is 1.36 bits per heavy atom. The molecular weight excluding hydrogens is 175 g/mol. The molecule has 0 N–H and O–H groups in total. The van der Waals surface area contributed by atoms with Gasteiger partial charge in [-0.25, -0.2) is 0 Å². The monoisotopic (exact) mass is 193 g/mol. The molecule has 1 aromatic carbocycles. The summed E-state index contributed by atoms with van der Waals surface area (Å²) < 4.78 is 12.4. The van der Waals surface area contributed by atoms with Gasteiger partial charge >= 0.3 is 0 Å². The van der Waals surface area contributed by atoms with E-state index in [-0.39, 0.29) is 6.67 Å². The molecule has 1 radical (unpaired) electrons. The summed E-state index contributed by atoms with van der Waals surface area (Å²) in [5.41, 5.74) is 3.69. The molecule has 0 nitrogen and oxygen atoms in total. The van der Waals surface area contributed by atoms with Crippen LogP contribution in [0.1, 0.15) is 37.0 Å². The average molecular weight is 193 g/mol. The minimum atomic E-state index is -0.355. The van der Waals surface area contributed by atoms with Crippen molar-refractivity contribution < 1.29 is 4.39 Å². The number of alkyl halides is 1. The summed E-state index contributed by atoms with van der Waals surface area (Å²) in [5.74, 6) is 0.816. The van der Waals surface area contributed by atoms with E-state index in [1.807, 2.05) is 13.0 Å². The first-order valence-corrected chi connectivity index (χ1v) is 5.17. The van der Waals surface area contributed by atoms with Gasteiger partial charge in [0.25, 0.3) is 0 Å². The molecule has 0 saturated carbocycles. The minimum absolute atomic E-state index is 0.355. The van der Waals surface area contributed by atoms with Crippen molar-refractivity contribution in [2.45, 2.75) is 33.6 Å². The summed E-state index contributed by atoms with van der Waals surface area (Å²) in [7, 11) is 0. The van der Waals surface area contributed by atoms with Crippen LogP contribution in [0.3, 0.4) is 0 Å². The van der Waals surface area contributed by atoms with Crippen LogP contribution >= 0.6 is 0 Å². The average Bonchev–Trinajstić information content (AvgIpc) is 2.20. The normalized spacial score (nSPS) is 10.9. The zero-order valence-corrected chi connectivity index (χ0v) is 9.23. The smallest absolute Gasteiger partial charge is 0.0997 e. The van der Waals surface area contributed by atoms with Gasteiger partial charge in [0, 0.05) is 5.92 Å². The molecule has 0 atom stereocenters. The molecule has 0 bridgehead atoms. The third kappa shape index (κ3) is 2.57. The minimum Gasteiger partial charge on any atom is -0.250 e. The summed E-state index contributed by atoms with van der Waals surface area (Å²) in [6.07, 6.45) is 2.27. The molecule has 14 heavy (non-hydrogen) atoms. The van der Waals surface area contributed by atoms with Gasteiger partial charge in [0.1, 0.15) is 0 Å². The van der Waals surface area contributed by atoms with Gasteiger partial charge < -0.3 is 0 Å². The van der Waals surface area contributed by atoms with Crippen LogP contribution in [0.4, 0.5) is 4.39 Å². The first-order valence-electron chi connectivity index (χ1n) is 5.17. The van der Waals surface area contributed by atoms with Crippen LogP contribution in [0.5, 0.6) is 0 Å². The first kappa shape index (κ1) is 11.2. The lowest BCUT2D eigenvalue weighted by Crippen LogP contribution is -1.98. The number of aryl methyl sites for hydroxylation is 2. The van der Waals surface area contributed by atoms with Crippen molar-refractivity contribution in [1.29, 1.82) is 0 Å². The highest BCUT2D eigenvalue weighted by Crippen LogP contribution is 2.19. The second kappa shape index (κ2) is 5.14. The van der Waals surface area contributed by atoms with Crippen LogP contribution in [-0.2, 0) is 6.42 Å². The number of halogens is 1. The molecule has 0 aliphatic heterocycles. The molecule has 0 unspecified atom stereocenters. The van der Waals surface area contributed by atoms with Gasteiger partial charge in [-0.05, 0) is 30.0 Å². The van der Waals surface area contributed by atoms with Crippen molar-refractivity contribution in [3.8, 4) is 0 Å². The van der Waals surface area contributed by atoms with Crippen LogP contribution in [0.15, 0.2) is 18.2 Å². The molecule has 0 saturated heterocycles. The summed E-state index contributed by atoms with van der Waals surface area (Å²) in [4.78, 5) is 0. The molecule has 0 aliphatic carbocycles. The lowest BCUT2D eigenvalue weighted by Gasteiger charge is -2.10. The topological polar surface area (TPSA) is 0 Å². The van der Waals surface area contributed by atoms with E-state index in [1.165, 1.54) is 11.1 Å². The quantitative estimate of drug-likeness (QED) is 0.681. The van der Waals surface area contributed by atoms with E-state index in [1.54, 1.807) is 0 Å². The molecule has 0 fully saturated rings. The fourth-order valence-electron chi connectivity index (χ4n) is 1.59. The number of hydrogen-bond donors (Lipinski definition) is 0. The van der Waals surface area contributed by atoms with Gasteiger partial charge in [0.05, 0.1) is 6.67 Å². The summed E-state index contributed by atoms with van der Waals surface area (Å²) in [6, 6.07) is 6.22. The van der Waals surface area contributed by atoms with Crippen molar-refractivity contribution in [3.05, 3.63) is 40.8 Å². The zero-order valence-electron chi connectivity index (χ0n) is 9.23. The van der Waals surface area contributed by atoms with Gasteiger partial charge in [-0.15, -0.1) is 0 Å². The molecule has 77 valence electrons. The molecule has 0 aromatic heterocycles. The van der Waals surface area contributed by atoms with E-state index in [0.29, 0.717) is 0 Å². The van der Waals surface area contributed by atoms with E-state index in [4.69, 9.17) is 0 Å². The summed E-state index contributed by atoms with van der Waals surface area (Å²) >= 11 is 0. The molecule has 0 aliphatic rings. The van der Waals surface area contributed by atoms with Crippen molar-refractivity contribution >= 4 is 0 Å². The van der Waals surface area contributed by atoms with Crippen molar-refractivity contribution in [1.82, 2.24) is 0 Å². The predicted molar refractivity (Wildman–Crippen MR) is 59.2 cm³/mol. The Balaban J connectivity index is 2.88. The predicted octanol–water partition coefficient (Wildman–Crippen LogP) is 3.86. The highest BCUT2D eigenvalue weighted by Gasteiger charge is 2.06. The zero-order chi connectivity index (χ0) is 10.6. The molecule has 1 rings (SSSR count). The summed E-state index contributed by atoms with van der Waals surface area (Å²) in [6.45, 7) is 5.76. The molecular formula is C13H18F. The Hall–Kier alpha value is -0.850. The third-order valence-electron chi connectivity index (χ3n) is 2.56. The van der Waals surface area contributed by atoms with Gasteiger partial charge in [-0.2, -0.15) is 0 Å². The molecule has 0 heterocycles. The van der Waals surface area contributed by atoms with Crippen molar-refractivity contribution in [3.63, 3.8) is 0 Å². The van der Waals surface area contributed by atoms with Gasteiger partial charge in [-0.1, -0.05) is 38.5 Å². The van der Waals surface area contributed by atoms with E-state index < -0.39 is 0 Å². The van der Waals surface area contributed by atoms with Gasteiger partial charge in [0.15, 0.2) is 0 Å². The molecule has 0 spiro atoms.